The Morgan fingerprint density at radius 2 is 2.06 bits per heavy atom. The Hall–Kier alpha value is -1.25. The Bertz CT molecular complexity index is 372. The molecule has 88 valence electrons. The second kappa shape index (κ2) is 5.19. The molecule has 0 fully saturated rings. The zero-order valence-electron chi connectivity index (χ0n) is 9.59. The molecule has 0 saturated carbocycles. The molecule has 0 unspecified atom stereocenters. The Labute approximate surface area is 94.5 Å². The van der Waals surface area contributed by atoms with Crippen molar-refractivity contribution >= 4 is 5.78 Å². The van der Waals surface area contributed by atoms with Gasteiger partial charge in [0.1, 0.15) is 5.78 Å². The van der Waals surface area contributed by atoms with Crippen molar-refractivity contribution in [3.63, 3.8) is 0 Å². The highest BCUT2D eigenvalue weighted by atomic mass is 19.3. The third-order valence-electron chi connectivity index (χ3n) is 2.37. The number of hydrogen-bond acceptors (Lipinski definition) is 1. The van der Waals surface area contributed by atoms with Crippen LogP contribution in [0.15, 0.2) is 24.3 Å². The summed E-state index contributed by atoms with van der Waals surface area (Å²) in [4.78, 5) is 10.9. The molecule has 1 aromatic rings. The predicted molar refractivity (Wildman–Crippen MR) is 59.6 cm³/mol. The van der Waals surface area contributed by atoms with Crippen LogP contribution in [0.3, 0.4) is 0 Å². The standard InChI is InChI=1S/C13H16F2O/c1-3-7-13(14,15)12-6-4-5-11(9-12)8-10(2)16/h4-6,9H,3,7-8H2,1-2H3. The van der Waals surface area contributed by atoms with Crippen LogP contribution in [0, 0.1) is 0 Å². The minimum absolute atomic E-state index is 0.00750. The van der Waals surface area contributed by atoms with E-state index in [4.69, 9.17) is 0 Å². The Balaban J connectivity index is 2.93. The van der Waals surface area contributed by atoms with Gasteiger partial charge < -0.3 is 0 Å². The molecule has 16 heavy (non-hydrogen) atoms. The minimum Gasteiger partial charge on any atom is -0.300 e. The summed E-state index contributed by atoms with van der Waals surface area (Å²) in [5.74, 6) is -2.81. The number of hydrogen-bond donors (Lipinski definition) is 0. The van der Waals surface area contributed by atoms with Crippen molar-refractivity contribution in [2.45, 2.75) is 39.0 Å². The summed E-state index contributed by atoms with van der Waals surface area (Å²) in [6.07, 6.45) is 0.497. The molecule has 0 bridgehead atoms. The molecule has 1 aromatic carbocycles. The van der Waals surface area contributed by atoms with E-state index in [1.165, 1.54) is 19.1 Å². The summed E-state index contributed by atoms with van der Waals surface area (Å²) in [6, 6.07) is 6.13. The van der Waals surface area contributed by atoms with Crippen LogP contribution in [-0.4, -0.2) is 5.78 Å². The normalized spacial score (nSPS) is 11.5. The predicted octanol–water partition coefficient (Wildman–Crippen LogP) is 3.71. The number of rotatable bonds is 5. The van der Waals surface area contributed by atoms with Gasteiger partial charge in [0.05, 0.1) is 0 Å². The van der Waals surface area contributed by atoms with Crippen molar-refractivity contribution < 1.29 is 13.6 Å². The second-order valence-electron chi connectivity index (χ2n) is 4.03. The molecular formula is C13H16F2O. The average molecular weight is 226 g/mol. The summed E-state index contributed by atoms with van der Waals surface area (Å²) in [5.41, 5.74) is 0.661. The van der Waals surface area contributed by atoms with Gasteiger partial charge in [-0.25, -0.2) is 8.78 Å². The van der Waals surface area contributed by atoms with Crippen LogP contribution in [0.1, 0.15) is 37.8 Å². The van der Waals surface area contributed by atoms with Crippen molar-refractivity contribution in [3.05, 3.63) is 35.4 Å². The number of Topliss-reactive ketones (excluding diaryl/α,β-unsaturated/α-hetero) is 1. The van der Waals surface area contributed by atoms with Crippen molar-refractivity contribution in [2.75, 3.05) is 0 Å². The molecule has 1 nitrogen and oxygen atoms in total. The number of carbonyl (C=O) groups is 1. The molecule has 0 saturated heterocycles. The van der Waals surface area contributed by atoms with Crippen LogP contribution in [0.2, 0.25) is 0 Å². The maximum absolute atomic E-state index is 13.6. The van der Waals surface area contributed by atoms with Crippen LogP contribution in [0.5, 0.6) is 0 Å². The smallest absolute Gasteiger partial charge is 0.273 e. The lowest BCUT2D eigenvalue weighted by atomic mass is 10.00. The van der Waals surface area contributed by atoms with Gasteiger partial charge in [-0.3, -0.25) is 4.79 Å². The summed E-state index contributed by atoms with van der Waals surface area (Å²) in [6.45, 7) is 3.18. The van der Waals surface area contributed by atoms with Gasteiger partial charge in [-0.15, -0.1) is 0 Å². The Kier molecular flexibility index (Phi) is 4.16. The summed E-state index contributed by atoms with van der Waals surface area (Å²) in [7, 11) is 0. The first-order valence-corrected chi connectivity index (χ1v) is 5.42. The molecule has 0 heterocycles. The fourth-order valence-corrected chi connectivity index (χ4v) is 1.65. The summed E-state index contributed by atoms with van der Waals surface area (Å²) < 4.78 is 27.2. The first kappa shape index (κ1) is 12.8. The second-order valence-corrected chi connectivity index (χ2v) is 4.03. The number of halogens is 2. The number of alkyl halides is 2. The van der Waals surface area contributed by atoms with Crippen molar-refractivity contribution in [3.8, 4) is 0 Å². The van der Waals surface area contributed by atoms with Gasteiger partial charge in [-0.1, -0.05) is 31.5 Å². The maximum atomic E-state index is 13.6. The van der Waals surface area contributed by atoms with E-state index < -0.39 is 5.92 Å². The van der Waals surface area contributed by atoms with Gasteiger partial charge in [0.25, 0.3) is 5.92 Å². The van der Waals surface area contributed by atoms with Crippen molar-refractivity contribution in [1.29, 1.82) is 0 Å². The minimum atomic E-state index is -2.79. The topological polar surface area (TPSA) is 17.1 Å². The molecule has 0 radical (unpaired) electrons. The molecule has 0 atom stereocenters. The summed E-state index contributed by atoms with van der Waals surface area (Å²) in [5, 5.41) is 0. The Morgan fingerprint density at radius 1 is 1.38 bits per heavy atom. The van der Waals surface area contributed by atoms with Gasteiger partial charge >= 0.3 is 0 Å². The number of ketones is 1. The van der Waals surface area contributed by atoms with Gasteiger partial charge in [0.2, 0.25) is 0 Å². The highest BCUT2D eigenvalue weighted by Crippen LogP contribution is 2.33. The Morgan fingerprint density at radius 3 is 2.62 bits per heavy atom. The van der Waals surface area contributed by atoms with Crippen LogP contribution in [-0.2, 0) is 17.1 Å². The van der Waals surface area contributed by atoms with E-state index in [1.807, 2.05) is 0 Å². The first-order valence-electron chi connectivity index (χ1n) is 5.42. The third-order valence-corrected chi connectivity index (χ3v) is 2.37. The van der Waals surface area contributed by atoms with Crippen LogP contribution < -0.4 is 0 Å². The van der Waals surface area contributed by atoms with Crippen LogP contribution in [0.25, 0.3) is 0 Å². The molecule has 0 aromatic heterocycles. The largest absolute Gasteiger partial charge is 0.300 e. The third kappa shape index (κ3) is 3.40. The molecular weight excluding hydrogens is 210 g/mol. The van der Waals surface area contributed by atoms with Crippen LogP contribution >= 0.6 is 0 Å². The quantitative estimate of drug-likeness (QED) is 0.748. The average Bonchev–Trinajstić information content (AvgIpc) is 2.17. The van der Waals surface area contributed by atoms with E-state index in [-0.39, 0.29) is 24.2 Å². The van der Waals surface area contributed by atoms with Crippen molar-refractivity contribution in [1.82, 2.24) is 0 Å². The van der Waals surface area contributed by atoms with E-state index >= 15 is 0 Å². The molecule has 0 N–H and O–H groups in total. The lowest BCUT2D eigenvalue weighted by Crippen LogP contribution is -2.13. The van der Waals surface area contributed by atoms with E-state index in [1.54, 1.807) is 19.1 Å². The van der Waals surface area contributed by atoms with E-state index in [9.17, 15) is 13.6 Å². The highest BCUT2D eigenvalue weighted by molar-refractivity contribution is 5.78. The van der Waals surface area contributed by atoms with Gasteiger partial charge in [0.15, 0.2) is 0 Å². The number of carbonyl (C=O) groups excluding carboxylic acids is 1. The zero-order chi connectivity index (χ0) is 12.2. The molecule has 3 heteroatoms. The lowest BCUT2D eigenvalue weighted by molar-refractivity contribution is -0.116. The summed E-state index contributed by atoms with van der Waals surface area (Å²) >= 11 is 0. The van der Waals surface area contributed by atoms with E-state index in [0.29, 0.717) is 12.0 Å². The fraction of sp³-hybridized carbons (Fsp3) is 0.462. The van der Waals surface area contributed by atoms with E-state index in [0.717, 1.165) is 0 Å². The lowest BCUT2D eigenvalue weighted by Gasteiger charge is -2.16. The van der Waals surface area contributed by atoms with Crippen molar-refractivity contribution in [2.24, 2.45) is 0 Å². The van der Waals surface area contributed by atoms with Crippen LogP contribution in [0.4, 0.5) is 8.78 Å². The fourth-order valence-electron chi connectivity index (χ4n) is 1.65. The SMILES string of the molecule is CCCC(F)(F)c1cccc(CC(C)=O)c1. The number of benzene rings is 1. The zero-order valence-corrected chi connectivity index (χ0v) is 9.59. The molecule has 0 amide bonds. The van der Waals surface area contributed by atoms with Gasteiger partial charge in [-0.2, -0.15) is 0 Å². The van der Waals surface area contributed by atoms with E-state index in [2.05, 4.69) is 0 Å². The van der Waals surface area contributed by atoms with Gasteiger partial charge in [0, 0.05) is 18.4 Å². The maximum Gasteiger partial charge on any atom is 0.273 e. The molecule has 0 spiro atoms. The first-order chi connectivity index (χ1) is 7.45. The van der Waals surface area contributed by atoms with Gasteiger partial charge in [-0.05, 0) is 18.6 Å². The monoisotopic (exact) mass is 226 g/mol. The molecule has 0 aliphatic heterocycles. The highest BCUT2D eigenvalue weighted by Gasteiger charge is 2.30. The molecule has 1 rings (SSSR count). The molecule has 0 aliphatic rings. The molecule has 0 aliphatic carbocycles.